The van der Waals surface area contributed by atoms with E-state index in [9.17, 15) is 9.59 Å². The third-order valence-electron chi connectivity index (χ3n) is 2.60. The highest BCUT2D eigenvalue weighted by Crippen LogP contribution is 2.06. The van der Waals surface area contributed by atoms with Crippen LogP contribution in [0.2, 0.25) is 0 Å². The number of ketones is 1. The largest absolute Gasteiger partial charge is 0.469 e. The van der Waals surface area contributed by atoms with Gasteiger partial charge in [-0.1, -0.05) is 13.3 Å². The van der Waals surface area contributed by atoms with Crippen LogP contribution in [-0.4, -0.2) is 18.4 Å². The molecule has 0 fully saturated rings. The van der Waals surface area contributed by atoms with Gasteiger partial charge in [-0.25, -0.2) is 0 Å². The lowest BCUT2D eigenvalue weighted by Crippen LogP contribution is -2.09. The molecule has 0 atom stereocenters. The summed E-state index contributed by atoms with van der Waals surface area (Å²) < 4.78 is 10.1. The molecule has 0 aliphatic heterocycles. The number of hydrogen-bond acceptors (Lipinski definition) is 4. The highest BCUT2D eigenvalue weighted by Gasteiger charge is 2.08. The van der Waals surface area contributed by atoms with Gasteiger partial charge in [0.2, 0.25) is 0 Å². The second-order valence-electron chi connectivity index (χ2n) is 4.19. The highest BCUT2D eigenvalue weighted by atomic mass is 16.5. The first-order chi connectivity index (χ1) is 8.72. The maximum absolute atomic E-state index is 11.5. The monoisotopic (exact) mass is 252 g/mol. The molecule has 0 saturated carbocycles. The minimum absolute atomic E-state index is 0.0684. The number of aryl methyl sites for hydroxylation is 1. The van der Waals surface area contributed by atoms with Crippen molar-refractivity contribution in [2.24, 2.45) is 0 Å². The smallest absolute Gasteiger partial charge is 0.306 e. The molecule has 0 radical (unpaired) electrons. The van der Waals surface area contributed by atoms with Crippen molar-refractivity contribution in [1.82, 2.24) is 0 Å². The van der Waals surface area contributed by atoms with Crippen molar-refractivity contribution in [3.63, 3.8) is 0 Å². The van der Waals surface area contributed by atoms with Gasteiger partial charge in [-0.05, 0) is 18.6 Å². The Morgan fingerprint density at radius 1 is 1.28 bits per heavy atom. The number of hydrogen-bond donors (Lipinski definition) is 0. The van der Waals surface area contributed by atoms with E-state index in [2.05, 4.69) is 0 Å². The van der Waals surface area contributed by atoms with Gasteiger partial charge in [0.25, 0.3) is 0 Å². The summed E-state index contributed by atoms with van der Waals surface area (Å²) in [6, 6.07) is 3.64. The SMILES string of the molecule is CCCCOC(=O)CCC(=O)CCc1ccco1. The molecular formula is C14H20O4. The van der Waals surface area contributed by atoms with Gasteiger partial charge in [0.1, 0.15) is 11.5 Å². The van der Waals surface area contributed by atoms with Crippen LogP contribution in [0.4, 0.5) is 0 Å². The Bertz CT molecular complexity index is 354. The van der Waals surface area contributed by atoms with Gasteiger partial charge in [-0.15, -0.1) is 0 Å². The molecule has 0 bridgehead atoms. The van der Waals surface area contributed by atoms with E-state index in [4.69, 9.17) is 9.15 Å². The number of ether oxygens (including phenoxy) is 1. The Morgan fingerprint density at radius 3 is 2.78 bits per heavy atom. The van der Waals surface area contributed by atoms with Gasteiger partial charge in [0, 0.05) is 19.3 Å². The van der Waals surface area contributed by atoms with Crippen LogP contribution in [0, 0.1) is 0 Å². The lowest BCUT2D eigenvalue weighted by atomic mass is 10.1. The van der Waals surface area contributed by atoms with E-state index in [1.54, 1.807) is 12.3 Å². The third kappa shape index (κ3) is 6.23. The van der Waals surface area contributed by atoms with Gasteiger partial charge in [0.15, 0.2) is 0 Å². The lowest BCUT2D eigenvalue weighted by Gasteiger charge is -2.03. The van der Waals surface area contributed by atoms with E-state index in [0.717, 1.165) is 18.6 Å². The molecule has 100 valence electrons. The summed E-state index contributed by atoms with van der Waals surface area (Å²) >= 11 is 0. The van der Waals surface area contributed by atoms with Crippen molar-refractivity contribution in [2.45, 2.75) is 45.4 Å². The molecule has 1 heterocycles. The molecule has 4 heteroatoms. The summed E-state index contributed by atoms with van der Waals surface area (Å²) in [5, 5.41) is 0. The van der Waals surface area contributed by atoms with Crippen molar-refractivity contribution in [3.8, 4) is 0 Å². The first-order valence-electron chi connectivity index (χ1n) is 6.42. The van der Waals surface area contributed by atoms with Crippen LogP contribution in [0.15, 0.2) is 22.8 Å². The van der Waals surface area contributed by atoms with Crippen molar-refractivity contribution in [2.75, 3.05) is 6.61 Å². The Kier molecular flexibility index (Phi) is 6.84. The molecule has 18 heavy (non-hydrogen) atoms. The summed E-state index contributed by atoms with van der Waals surface area (Å²) in [6.45, 7) is 2.49. The first kappa shape index (κ1) is 14.5. The van der Waals surface area contributed by atoms with E-state index in [-0.39, 0.29) is 24.6 Å². The lowest BCUT2D eigenvalue weighted by molar-refractivity contribution is -0.144. The molecule has 0 aromatic carbocycles. The highest BCUT2D eigenvalue weighted by molar-refractivity contribution is 5.83. The summed E-state index contributed by atoms with van der Waals surface area (Å²) in [5.41, 5.74) is 0. The molecular weight excluding hydrogens is 232 g/mol. The fourth-order valence-electron chi connectivity index (χ4n) is 1.49. The number of unbranched alkanes of at least 4 members (excludes halogenated alkanes) is 1. The quantitative estimate of drug-likeness (QED) is 0.501. The van der Waals surface area contributed by atoms with Crippen molar-refractivity contribution in [1.29, 1.82) is 0 Å². The van der Waals surface area contributed by atoms with E-state index in [1.165, 1.54) is 0 Å². The molecule has 0 aliphatic carbocycles. The van der Waals surface area contributed by atoms with Gasteiger partial charge in [-0.2, -0.15) is 0 Å². The molecule has 0 aliphatic rings. The number of carbonyl (C=O) groups excluding carboxylic acids is 2. The van der Waals surface area contributed by atoms with E-state index in [0.29, 0.717) is 19.4 Å². The van der Waals surface area contributed by atoms with Crippen molar-refractivity contribution in [3.05, 3.63) is 24.2 Å². The molecule has 0 saturated heterocycles. The van der Waals surface area contributed by atoms with Gasteiger partial charge in [0.05, 0.1) is 19.3 Å². The average molecular weight is 252 g/mol. The molecule has 0 amide bonds. The van der Waals surface area contributed by atoms with Gasteiger partial charge in [-0.3, -0.25) is 9.59 Å². The number of furan rings is 1. The van der Waals surface area contributed by atoms with Crippen molar-refractivity contribution >= 4 is 11.8 Å². The third-order valence-corrected chi connectivity index (χ3v) is 2.60. The van der Waals surface area contributed by atoms with E-state index >= 15 is 0 Å². The topological polar surface area (TPSA) is 56.5 Å². The van der Waals surface area contributed by atoms with Crippen LogP contribution in [-0.2, 0) is 20.7 Å². The molecule has 0 N–H and O–H groups in total. The number of Topliss-reactive ketones (excluding diaryl/α,β-unsaturated/α-hetero) is 1. The maximum Gasteiger partial charge on any atom is 0.306 e. The Balaban J connectivity index is 2.07. The second kappa shape index (κ2) is 8.50. The fourth-order valence-corrected chi connectivity index (χ4v) is 1.49. The Morgan fingerprint density at radius 2 is 2.11 bits per heavy atom. The van der Waals surface area contributed by atoms with Crippen LogP contribution in [0.25, 0.3) is 0 Å². The summed E-state index contributed by atoms with van der Waals surface area (Å²) in [7, 11) is 0. The van der Waals surface area contributed by atoms with E-state index < -0.39 is 0 Å². The fraction of sp³-hybridized carbons (Fsp3) is 0.571. The van der Waals surface area contributed by atoms with E-state index in [1.807, 2.05) is 13.0 Å². The average Bonchev–Trinajstić information content (AvgIpc) is 2.87. The van der Waals surface area contributed by atoms with Crippen LogP contribution in [0.5, 0.6) is 0 Å². The number of esters is 1. The summed E-state index contributed by atoms with van der Waals surface area (Å²) in [6.07, 6.45) is 4.90. The predicted molar refractivity (Wildman–Crippen MR) is 67.1 cm³/mol. The molecule has 0 spiro atoms. The van der Waals surface area contributed by atoms with Crippen LogP contribution in [0.3, 0.4) is 0 Å². The zero-order valence-electron chi connectivity index (χ0n) is 10.8. The molecule has 0 unspecified atom stereocenters. The molecule has 4 nitrogen and oxygen atoms in total. The van der Waals surface area contributed by atoms with Crippen LogP contribution in [0.1, 0.15) is 44.8 Å². The normalized spacial score (nSPS) is 10.3. The van der Waals surface area contributed by atoms with Gasteiger partial charge >= 0.3 is 5.97 Å². The Hall–Kier alpha value is -1.58. The van der Waals surface area contributed by atoms with Gasteiger partial charge < -0.3 is 9.15 Å². The molecule has 1 rings (SSSR count). The zero-order valence-corrected chi connectivity index (χ0v) is 10.8. The van der Waals surface area contributed by atoms with Crippen LogP contribution < -0.4 is 0 Å². The summed E-state index contributed by atoms with van der Waals surface area (Å²) in [4.78, 5) is 22.8. The number of rotatable bonds is 9. The zero-order chi connectivity index (χ0) is 13.2. The Labute approximate surface area is 107 Å². The molecule has 1 aromatic rings. The van der Waals surface area contributed by atoms with Crippen molar-refractivity contribution < 1.29 is 18.7 Å². The number of carbonyl (C=O) groups is 2. The predicted octanol–water partition coefficient (Wildman–Crippen LogP) is 2.90. The second-order valence-corrected chi connectivity index (χ2v) is 4.19. The van der Waals surface area contributed by atoms with Crippen LogP contribution >= 0.6 is 0 Å². The standard InChI is InChI=1S/C14H20O4/c1-2-3-10-18-14(16)9-7-12(15)6-8-13-5-4-11-17-13/h4-5,11H,2-3,6-10H2,1H3. The summed E-state index contributed by atoms with van der Waals surface area (Å²) in [5.74, 6) is 0.586. The molecule has 1 aromatic heterocycles. The maximum atomic E-state index is 11.5. The minimum Gasteiger partial charge on any atom is -0.469 e. The first-order valence-corrected chi connectivity index (χ1v) is 6.42. The minimum atomic E-state index is -0.283.